The van der Waals surface area contributed by atoms with Crippen LogP contribution in [0.25, 0.3) is 11.1 Å². The number of nitrogen functional groups attached to an aromatic ring is 1. The van der Waals surface area contributed by atoms with Crippen LogP contribution in [0.4, 0.5) is 5.82 Å². The van der Waals surface area contributed by atoms with Gasteiger partial charge >= 0.3 is 0 Å². The van der Waals surface area contributed by atoms with Gasteiger partial charge in [0.05, 0.1) is 36.0 Å². The summed E-state index contributed by atoms with van der Waals surface area (Å²) in [5, 5.41) is 16.6. The van der Waals surface area contributed by atoms with Crippen molar-refractivity contribution in [3.05, 3.63) is 16.7 Å². The van der Waals surface area contributed by atoms with Crippen LogP contribution in [0.5, 0.6) is 17.2 Å². The Hall–Kier alpha value is -1.89. The van der Waals surface area contributed by atoms with Gasteiger partial charge in [0, 0.05) is 6.07 Å². The molecule has 0 saturated heterocycles. The minimum atomic E-state index is 0.0146. The molecule has 6 nitrogen and oxygen atoms in total. The number of benzene rings is 1. The number of nitrogens with two attached hydrogens (primary N) is 1. The Balaban J connectivity index is 2.79. The third kappa shape index (κ3) is 1.86. The number of ether oxygens (including phenoxy) is 2. The van der Waals surface area contributed by atoms with E-state index >= 15 is 0 Å². The van der Waals surface area contributed by atoms with Crippen molar-refractivity contribution >= 4 is 21.7 Å². The molecule has 1 aromatic carbocycles. The lowest BCUT2D eigenvalue weighted by Crippen LogP contribution is -1.96. The monoisotopic (exact) mass is 313 g/mol. The number of hydrogen-bond donors (Lipinski definition) is 3. The van der Waals surface area contributed by atoms with Crippen molar-refractivity contribution in [1.82, 2.24) is 10.2 Å². The average molecular weight is 314 g/mol. The number of phenols is 1. The third-order valence-electron chi connectivity index (χ3n) is 2.53. The number of halogens is 1. The second-order valence-electron chi connectivity index (χ2n) is 3.51. The van der Waals surface area contributed by atoms with Crippen LogP contribution in [0.2, 0.25) is 0 Å². The normalized spacial score (nSPS) is 10.4. The van der Waals surface area contributed by atoms with E-state index in [1.54, 1.807) is 6.07 Å². The molecule has 0 aliphatic rings. The van der Waals surface area contributed by atoms with Crippen LogP contribution in [0.1, 0.15) is 0 Å². The minimum absolute atomic E-state index is 0.0146. The molecule has 7 heteroatoms. The summed E-state index contributed by atoms with van der Waals surface area (Å²) in [6.07, 6.45) is 1.51. The van der Waals surface area contributed by atoms with Crippen molar-refractivity contribution < 1.29 is 14.6 Å². The van der Waals surface area contributed by atoms with Gasteiger partial charge in [0.25, 0.3) is 0 Å². The Bertz CT molecular complexity index is 583. The molecule has 0 unspecified atom stereocenters. The molecule has 1 aromatic heterocycles. The summed E-state index contributed by atoms with van der Waals surface area (Å²) in [7, 11) is 3.01. The topological polar surface area (TPSA) is 93.4 Å². The highest BCUT2D eigenvalue weighted by atomic mass is 79.9. The van der Waals surface area contributed by atoms with Gasteiger partial charge in [-0.3, -0.25) is 5.10 Å². The molecule has 0 saturated carbocycles. The van der Waals surface area contributed by atoms with E-state index in [-0.39, 0.29) is 5.75 Å². The van der Waals surface area contributed by atoms with Crippen LogP contribution in [0.15, 0.2) is 16.7 Å². The molecule has 0 spiro atoms. The highest BCUT2D eigenvalue weighted by Gasteiger charge is 2.22. The lowest BCUT2D eigenvalue weighted by molar-refractivity contribution is 0.352. The second kappa shape index (κ2) is 4.77. The van der Waals surface area contributed by atoms with Crippen LogP contribution in [0.3, 0.4) is 0 Å². The zero-order valence-corrected chi connectivity index (χ0v) is 11.4. The fraction of sp³-hybridized carbons (Fsp3) is 0.182. The molecule has 18 heavy (non-hydrogen) atoms. The largest absolute Gasteiger partial charge is 0.506 e. The summed E-state index contributed by atoms with van der Waals surface area (Å²) >= 11 is 3.25. The van der Waals surface area contributed by atoms with E-state index in [1.165, 1.54) is 20.4 Å². The SMILES string of the molecule is COc1cc(Br)c(O)c(-c2cn[nH]c2N)c1OC. The second-order valence-corrected chi connectivity index (χ2v) is 4.37. The van der Waals surface area contributed by atoms with Crippen molar-refractivity contribution in [3.63, 3.8) is 0 Å². The van der Waals surface area contributed by atoms with Crippen LogP contribution in [0, 0.1) is 0 Å². The maximum absolute atomic E-state index is 10.1. The van der Waals surface area contributed by atoms with Gasteiger partial charge in [-0.05, 0) is 15.9 Å². The summed E-state index contributed by atoms with van der Waals surface area (Å²) in [5.41, 5.74) is 6.74. The predicted molar refractivity (Wildman–Crippen MR) is 70.9 cm³/mol. The number of aromatic nitrogens is 2. The molecule has 4 N–H and O–H groups in total. The number of hydrogen-bond acceptors (Lipinski definition) is 5. The molecule has 1 heterocycles. The zero-order valence-electron chi connectivity index (χ0n) is 9.82. The molecule has 0 radical (unpaired) electrons. The maximum atomic E-state index is 10.1. The van der Waals surface area contributed by atoms with Crippen molar-refractivity contribution in [2.24, 2.45) is 0 Å². The Morgan fingerprint density at radius 2 is 2.11 bits per heavy atom. The lowest BCUT2D eigenvalue weighted by Gasteiger charge is -2.15. The molecule has 2 rings (SSSR count). The zero-order chi connectivity index (χ0) is 13.3. The summed E-state index contributed by atoms with van der Waals surface area (Å²) in [5.74, 6) is 1.23. The van der Waals surface area contributed by atoms with Gasteiger partial charge in [0.2, 0.25) is 0 Å². The Labute approximate surface area is 112 Å². The maximum Gasteiger partial charge on any atom is 0.172 e. The van der Waals surface area contributed by atoms with E-state index in [2.05, 4.69) is 26.1 Å². The van der Waals surface area contributed by atoms with Gasteiger partial charge in [0.15, 0.2) is 11.5 Å². The van der Waals surface area contributed by atoms with E-state index in [9.17, 15) is 5.11 Å². The molecule has 0 atom stereocenters. The molecule has 0 bridgehead atoms. The smallest absolute Gasteiger partial charge is 0.172 e. The van der Waals surface area contributed by atoms with Gasteiger partial charge in [-0.25, -0.2) is 0 Å². The summed E-state index contributed by atoms with van der Waals surface area (Å²) in [6, 6.07) is 1.62. The first-order valence-electron chi connectivity index (χ1n) is 5.02. The Morgan fingerprint density at radius 3 is 2.61 bits per heavy atom. The van der Waals surface area contributed by atoms with Crippen molar-refractivity contribution in [3.8, 4) is 28.4 Å². The fourth-order valence-corrected chi connectivity index (χ4v) is 2.10. The molecule has 0 aliphatic carbocycles. The van der Waals surface area contributed by atoms with E-state index < -0.39 is 0 Å². The van der Waals surface area contributed by atoms with Crippen molar-refractivity contribution in [2.75, 3.05) is 20.0 Å². The Kier molecular flexibility index (Phi) is 3.33. The van der Waals surface area contributed by atoms with E-state index in [1.807, 2.05) is 0 Å². The van der Waals surface area contributed by atoms with Crippen LogP contribution in [-0.4, -0.2) is 29.5 Å². The lowest BCUT2D eigenvalue weighted by atomic mass is 10.1. The average Bonchev–Trinajstić information content (AvgIpc) is 2.78. The first-order chi connectivity index (χ1) is 8.60. The Morgan fingerprint density at radius 1 is 1.39 bits per heavy atom. The summed E-state index contributed by atoms with van der Waals surface area (Å²) in [6.45, 7) is 0. The fourth-order valence-electron chi connectivity index (χ4n) is 1.70. The van der Waals surface area contributed by atoms with Crippen molar-refractivity contribution in [2.45, 2.75) is 0 Å². The van der Waals surface area contributed by atoms with Crippen molar-refractivity contribution in [1.29, 1.82) is 0 Å². The predicted octanol–water partition coefficient (Wildman–Crippen LogP) is 2.14. The first kappa shape index (κ1) is 12.6. The minimum Gasteiger partial charge on any atom is -0.506 e. The molecule has 96 valence electrons. The highest BCUT2D eigenvalue weighted by Crippen LogP contribution is 2.48. The number of anilines is 1. The molecular weight excluding hydrogens is 302 g/mol. The standard InChI is InChI=1S/C11H12BrN3O3/c1-17-7-3-6(12)9(16)8(10(7)18-2)5-4-14-15-11(5)13/h3-4,16H,1-2H3,(H3,13,14,15). The number of phenolic OH excluding ortho intramolecular Hbond substituents is 1. The summed E-state index contributed by atoms with van der Waals surface area (Å²) < 4.78 is 11.0. The molecule has 0 amide bonds. The van der Waals surface area contributed by atoms with E-state index in [0.717, 1.165) is 0 Å². The molecule has 0 aliphatic heterocycles. The van der Waals surface area contributed by atoms with Gasteiger partial charge < -0.3 is 20.3 Å². The van der Waals surface area contributed by atoms with Gasteiger partial charge in [-0.1, -0.05) is 0 Å². The van der Waals surface area contributed by atoms with Crippen LogP contribution < -0.4 is 15.2 Å². The van der Waals surface area contributed by atoms with Gasteiger partial charge in [-0.2, -0.15) is 5.10 Å². The van der Waals surface area contributed by atoms with Crippen LogP contribution in [-0.2, 0) is 0 Å². The van der Waals surface area contributed by atoms with E-state index in [0.29, 0.717) is 32.9 Å². The number of nitrogens with zero attached hydrogens (tertiary/aromatic N) is 1. The number of aromatic amines is 1. The highest BCUT2D eigenvalue weighted by molar-refractivity contribution is 9.10. The first-order valence-corrected chi connectivity index (χ1v) is 5.82. The summed E-state index contributed by atoms with van der Waals surface area (Å²) in [4.78, 5) is 0. The van der Waals surface area contributed by atoms with E-state index in [4.69, 9.17) is 15.2 Å². The number of rotatable bonds is 3. The quantitative estimate of drug-likeness (QED) is 0.807. The number of H-pyrrole nitrogens is 1. The third-order valence-corrected chi connectivity index (χ3v) is 3.14. The molecular formula is C11H12BrN3O3. The van der Waals surface area contributed by atoms with Crippen LogP contribution >= 0.6 is 15.9 Å². The molecule has 0 fully saturated rings. The number of nitrogens with one attached hydrogen (secondary N) is 1. The number of aromatic hydroxyl groups is 1. The molecule has 2 aromatic rings. The number of methoxy groups -OCH3 is 2. The van der Waals surface area contributed by atoms with Gasteiger partial charge in [0.1, 0.15) is 11.6 Å². The van der Waals surface area contributed by atoms with Gasteiger partial charge in [-0.15, -0.1) is 0 Å².